The maximum Gasteiger partial charge on any atom is 0.216 e. The molecule has 2 N–H and O–H groups in total. The summed E-state index contributed by atoms with van der Waals surface area (Å²) in [6.45, 7) is 0. The predicted octanol–water partition coefficient (Wildman–Crippen LogP) is 3.91. The second-order valence-electron chi connectivity index (χ2n) is 6.40. The van der Waals surface area contributed by atoms with Gasteiger partial charge in [0, 0.05) is 11.1 Å². The largest absolute Gasteiger partial charge is 0.493 e. The molecule has 0 unspecified atom stereocenters. The van der Waals surface area contributed by atoms with Crippen LogP contribution in [0.1, 0.15) is 5.56 Å². The summed E-state index contributed by atoms with van der Waals surface area (Å²) in [7, 11) is 4.68. The van der Waals surface area contributed by atoms with Crippen LogP contribution in [0.15, 0.2) is 53.6 Å². The van der Waals surface area contributed by atoms with Crippen LogP contribution in [-0.4, -0.2) is 52.6 Å². The topological polar surface area (TPSA) is 102 Å². The molecule has 2 aromatic heterocycles. The summed E-state index contributed by atoms with van der Waals surface area (Å²) in [6.07, 6.45) is 1.63. The summed E-state index contributed by atoms with van der Waals surface area (Å²) in [5.74, 6) is 2.07. The fraction of sp³-hybridized carbons (Fsp3) is 0.143. The Labute approximate surface area is 183 Å². The molecule has 2 heterocycles. The molecule has 9 nitrogen and oxygen atoms in total. The molecule has 2 aromatic carbocycles. The molecule has 4 aromatic rings. The molecule has 0 radical (unpaired) electrons. The molecular weight excluding hydrogens is 416 g/mol. The molecule has 0 bridgehead atoms. The van der Waals surface area contributed by atoms with Crippen LogP contribution in [-0.2, 0) is 0 Å². The van der Waals surface area contributed by atoms with E-state index in [2.05, 4.69) is 25.5 Å². The van der Waals surface area contributed by atoms with E-state index in [1.807, 2.05) is 36.4 Å². The van der Waals surface area contributed by atoms with Gasteiger partial charge in [0.2, 0.25) is 16.3 Å². The van der Waals surface area contributed by atoms with Gasteiger partial charge in [-0.2, -0.15) is 20.0 Å². The Balaban J connectivity index is 1.69. The zero-order valence-corrected chi connectivity index (χ0v) is 17.9. The summed E-state index contributed by atoms with van der Waals surface area (Å²) < 4.78 is 18.0. The first-order valence-electron chi connectivity index (χ1n) is 9.27. The summed E-state index contributed by atoms with van der Waals surface area (Å²) in [4.78, 5) is 0. The van der Waals surface area contributed by atoms with E-state index in [9.17, 15) is 0 Å². The first-order valence-corrected chi connectivity index (χ1v) is 9.68. The van der Waals surface area contributed by atoms with E-state index >= 15 is 0 Å². The smallest absolute Gasteiger partial charge is 0.216 e. The fourth-order valence-corrected chi connectivity index (χ4v) is 3.25. The first kappa shape index (κ1) is 20.4. The van der Waals surface area contributed by atoms with Gasteiger partial charge < -0.3 is 14.2 Å². The fourth-order valence-electron chi connectivity index (χ4n) is 3.07. The minimum atomic E-state index is 0.342. The number of nitrogens with zero attached hydrogens (tertiary/aromatic N) is 4. The Bertz CT molecular complexity index is 1250. The number of aromatic nitrogens is 5. The van der Waals surface area contributed by atoms with Gasteiger partial charge in [0.15, 0.2) is 11.5 Å². The van der Waals surface area contributed by atoms with E-state index in [4.69, 9.17) is 26.4 Å². The lowest BCUT2D eigenvalue weighted by Crippen LogP contribution is -1.98. The van der Waals surface area contributed by atoms with Gasteiger partial charge in [-0.1, -0.05) is 30.3 Å². The molecule has 4 rings (SSSR count). The minimum Gasteiger partial charge on any atom is -0.493 e. The number of rotatable bonds is 7. The monoisotopic (exact) mass is 436 g/mol. The molecule has 0 saturated carbocycles. The first-order chi connectivity index (χ1) is 15.1. The highest BCUT2D eigenvalue weighted by Crippen LogP contribution is 2.37. The molecule has 158 valence electrons. The van der Waals surface area contributed by atoms with Crippen LogP contribution in [0.5, 0.6) is 17.2 Å². The predicted molar refractivity (Wildman–Crippen MR) is 120 cm³/mol. The van der Waals surface area contributed by atoms with Crippen molar-refractivity contribution in [3.05, 3.63) is 58.9 Å². The molecule has 0 aliphatic heterocycles. The van der Waals surface area contributed by atoms with Crippen molar-refractivity contribution in [1.29, 1.82) is 0 Å². The zero-order valence-electron chi connectivity index (χ0n) is 17.1. The molecule has 31 heavy (non-hydrogen) atoms. The van der Waals surface area contributed by atoms with Crippen molar-refractivity contribution in [3.63, 3.8) is 0 Å². The van der Waals surface area contributed by atoms with Crippen LogP contribution in [0, 0.1) is 4.77 Å². The summed E-state index contributed by atoms with van der Waals surface area (Å²) >= 11 is 5.35. The molecule has 0 spiro atoms. The SMILES string of the molecule is COc1cc(C=Nn2c(-c3cc(-c4ccccc4)n[nH]3)n[nH]c2=S)cc(OC)c1OC. The third-order valence-electron chi connectivity index (χ3n) is 4.55. The maximum atomic E-state index is 5.39. The number of hydrogen-bond donors (Lipinski definition) is 2. The molecule has 10 heteroatoms. The highest BCUT2D eigenvalue weighted by molar-refractivity contribution is 7.71. The van der Waals surface area contributed by atoms with E-state index in [0.29, 0.717) is 33.5 Å². The van der Waals surface area contributed by atoms with E-state index in [1.165, 1.54) is 4.68 Å². The van der Waals surface area contributed by atoms with Crippen LogP contribution in [0.4, 0.5) is 0 Å². The molecular formula is C21H20N6O3S. The van der Waals surface area contributed by atoms with Gasteiger partial charge in [-0.05, 0) is 30.4 Å². The summed E-state index contributed by atoms with van der Waals surface area (Å²) in [5, 5.41) is 18.9. The number of ether oxygens (including phenoxy) is 3. The van der Waals surface area contributed by atoms with Gasteiger partial charge in [0.25, 0.3) is 0 Å². The van der Waals surface area contributed by atoms with Crippen LogP contribution < -0.4 is 14.2 Å². The lowest BCUT2D eigenvalue weighted by molar-refractivity contribution is 0.324. The van der Waals surface area contributed by atoms with Gasteiger partial charge >= 0.3 is 0 Å². The molecule has 0 aliphatic rings. The molecule has 0 aliphatic carbocycles. The van der Waals surface area contributed by atoms with Gasteiger partial charge in [-0.15, -0.1) is 0 Å². The molecule has 0 fully saturated rings. The second-order valence-corrected chi connectivity index (χ2v) is 6.79. The molecule has 0 saturated heterocycles. The van der Waals surface area contributed by atoms with Crippen molar-refractivity contribution in [1.82, 2.24) is 25.1 Å². The standard InChI is InChI=1S/C21H20N6O3S/c1-28-17-9-13(10-18(29-2)19(17)30-3)12-22-27-20(25-26-21(27)31)16-11-15(23-24-16)14-7-5-4-6-8-14/h4-12H,1-3H3,(H,23,24)(H,26,31). The number of hydrogen-bond acceptors (Lipinski definition) is 7. The van der Waals surface area contributed by atoms with E-state index in [1.54, 1.807) is 39.7 Å². The van der Waals surface area contributed by atoms with Gasteiger partial charge in [0.1, 0.15) is 5.69 Å². The van der Waals surface area contributed by atoms with Crippen LogP contribution >= 0.6 is 12.2 Å². The van der Waals surface area contributed by atoms with E-state index < -0.39 is 0 Å². The Kier molecular flexibility index (Phi) is 5.80. The second kappa shape index (κ2) is 8.84. The van der Waals surface area contributed by atoms with Crippen molar-refractivity contribution < 1.29 is 14.2 Å². The number of aromatic amines is 2. The number of nitrogens with one attached hydrogen (secondary N) is 2. The Morgan fingerprint density at radius 3 is 2.29 bits per heavy atom. The quantitative estimate of drug-likeness (QED) is 0.336. The summed E-state index contributed by atoms with van der Waals surface area (Å²) in [5.41, 5.74) is 3.20. The van der Waals surface area contributed by atoms with Crippen molar-refractivity contribution in [2.24, 2.45) is 5.10 Å². The van der Waals surface area contributed by atoms with Crippen LogP contribution in [0.2, 0.25) is 0 Å². The van der Waals surface area contributed by atoms with Crippen molar-refractivity contribution in [3.8, 4) is 40.0 Å². The van der Waals surface area contributed by atoms with Gasteiger partial charge in [0.05, 0.1) is 33.2 Å². The number of methoxy groups -OCH3 is 3. The maximum absolute atomic E-state index is 5.39. The van der Waals surface area contributed by atoms with Crippen molar-refractivity contribution >= 4 is 18.4 Å². The highest BCUT2D eigenvalue weighted by atomic mass is 32.1. The number of benzene rings is 2. The average Bonchev–Trinajstić information content (AvgIpc) is 3.44. The Morgan fingerprint density at radius 1 is 0.935 bits per heavy atom. The van der Waals surface area contributed by atoms with Gasteiger partial charge in [-0.3, -0.25) is 5.10 Å². The Morgan fingerprint density at radius 2 is 1.65 bits per heavy atom. The van der Waals surface area contributed by atoms with E-state index in [-0.39, 0.29) is 0 Å². The van der Waals surface area contributed by atoms with Crippen LogP contribution in [0.3, 0.4) is 0 Å². The zero-order chi connectivity index (χ0) is 21.8. The average molecular weight is 436 g/mol. The summed E-state index contributed by atoms with van der Waals surface area (Å²) in [6, 6.07) is 15.3. The van der Waals surface area contributed by atoms with E-state index in [0.717, 1.165) is 16.8 Å². The van der Waals surface area contributed by atoms with Gasteiger partial charge in [-0.25, -0.2) is 5.10 Å². The Hall–Kier alpha value is -3.92. The number of H-pyrrole nitrogens is 2. The lowest BCUT2D eigenvalue weighted by atomic mass is 10.1. The van der Waals surface area contributed by atoms with Crippen LogP contribution in [0.25, 0.3) is 22.8 Å². The molecule has 0 atom stereocenters. The third kappa shape index (κ3) is 4.05. The lowest BCUT2D eigenvalue weighted by Gasteiger charge is -2.12. The minimum absolute atomic E-state index is 0.342. The van der Waals surface area contributed by atoms with Crippen molar-refractivity contribution in [2.45, 2.75) is 0 Å². The molecule has 0 amide bonds. The van der Waals surface area contributed by atoms with Crippen molar-refractivity contribution in [2.75, 3.05) is 21.3 Å². The normalized spacial score (nSPS) is 11.1. The highest BCUT2D eigenvalue weighted by Gasteiger charge is 2.14. The third-order valence-corrected chi connectivity index (χ3v) is 4.81.